The molecule has 0 saturated carbocycles. The topological polar surface area (TPSA) is 69.0 Å². The van der Waals surface area contributed by atoms with Gasteiger partial charge in [0.15, 0.2) is 5.82 Å². The van der Waals surface area contributed by atoms with Gasteiger partial charge in [-0.3, -0.25) is 14.5 Å². The fourth-order valence-corrected chi connectivity index (χ4v) is 3.12. The number of halogens is 1. The van der Waals surface area contributed by atoms with Gasteiger partial charge >= 0.3 is 0 Å². The molecule has 2 heterocycles. The van der Waals surface area contributed by atoms with Gasteiger partial charge in [0, 0.05) is 42.6 Å². The van der Waals surface area contributed by atoms with Gasteiger partial charge in [-0.25, -0.2) is 0 Å². The number of rotatable bonds is 7. The van der Waals surface area contributed by atoms with Crippen LogP contribution < -0.4 is 5.32 Å². The number of nitrogens with one attached hydrogen (secondary N) is 1. The highest BCUT2D eigenvalue weighted by Crippen LogP contribution is 2.22. The highest BCUT2D eigenvalue weighted by molar-refractivity contribution is 9.10. The SMILES string of the molecule is COCCCn1ccc(NC(=O)c2ccc(-c3cccc(Br)c3)nc2C)n1. The number of pyridine rings is 1. The summed E-state index contributed by atoms with van der Waals surface area (Å²) in [6.45, 7) is 3.25. The molecule has 0 unspecified atom stereocenters. The fourth-order valence-electron chi connectivity index (χ4n) is 2.72. The van der Waals surface area contributed by atoms with Crippen molar-refractivity contribution in [3.63, 3.8) is 0 Å². The maximum Gasteiger partial charge on any atom is 0.258 e. The predicted octanol–water partition coefficient (Wildman–Crippen LogP) is 4.30. The first-order chi connectivity index (χ1) is 13.1. The average molecular weight is 429 g/mol. The summed E-state index contributed by atoms with van der Waals surface area (Å²) in [6.07, 6.45) is 2.71. The van der Waals surface area contributed by atoms with E-state index < -0.39 is 0 Å². The Labute approximate surface area is 166 Å². The number of benzene rings is 1. The first kappa shape index (κ1) is 19.3. The number of amides is 1. The molecule has 27 heavy (non-hydrogen) atoms. The summed E-state index contributed by atoms with van der Waals surface area (Å²) < 4.78 is 7.81. The predicted molar refractivity (Wildman–Crippen MR) is 109 cm³/mol. The minimum absolute atomic E-state index is 0.220. The number of carbonyl (C=O) groups is 1. The van der Waals surface area contributed by atoms with Gasteiger partial charge in [0.1, 0.15) is 0 Å². The smallest absolute Gasteiger partial charge is 0.258 e. The van der Waals surface area contributed by atoms with Crippen molar-refractivity contribution in [1.82, 2.24) is 14.8 Å². The molecule has 6 nitrogen and oxygen atoms in total. The Hall–Kier alpha value is -2.51. The van der Waals surface area contributed by atoms with Gasteiger partial charge in [-0.15, -0.1) is 0 Å². The summed E-state index contributed by atoms with van der Waals surface area (Å²) in [5.74, 6) is 0.302. The second kappa shape index (κ2) is 8.92. The van der Waals surface area contributed by atoms with Crippen LogP contribution in [0.2, 0.25) is 0 Å². The molecule has 0 spiro atoms. The molecule has 0 fully saturated rings. The molecule has 3 rings (SSSR count). The number of ether oxygens (including phenoxy) is 1. The molecular weight excluding hydrogens is 408 g/mol. The second-order valence-corrected chi connectivity index (χ2v) is 7.02. The monoisotopic (exact) mass is 428 g/mol. The van der Waals surface area contributed by atoms with Gasteiger partial charge in [0.25, 0.3) is 5.91 Å². The number of methoxy groups -OCH3 is 1. The first-order valence-corrected chi connectivity index (χ1v) is 9.43. The van der Waals surface area contributed by atoms with Crippen LogP contribution in [0.3, 0.4) is 0 Å². The molecule has 0 saturated heterocycles. The van der Waals surface area contributed by atoms with E-state index in [0.29, 0.717) is 23.7 Å². The Morgan fingerprint density at radius 3 is 2.85 bits per heavy atom. The van der Waals surface area contributed by atoms with Gasteiger partial charge in [-0.2, -0.15) is 5.10 Å². The zero-order chi connectivity index (χ0) is 19.2. The maximum atomic E-state index is 12.6. The molecule has 0 aliphatic carbocycles. The van der Waals surface area contributed by atoms with Crippen LogP contribution in [0.15, 0.2) is 53.1 Å². The highest BCUT2D eigenvalue weighted by atomic mass is 79.9. The molecule has 0 radical (unpaired) electrons. The molecular formula is C20H21BrN4O2. The van der Waals surface area contributed by atoms with Crippen molar-refractivity contribution < 1.29 is 9.53 Å². The zero-order valence-corrected chi connectivity index (χ0v) is 16.9. The van der Waals surface area contributed by atoms with Crippen LogP contribution in [0.5, 0.6) is 0 Å². The molecule has 1 N–H and O–H groups in total. The maximum absolute atomic E-state index is 12.6. The van der Waals surface area contributed by atoms with Crippen molar-refractivity contribution >= 4 is 27.7 Å². The van der Waals surface area contributed by atoms with Gasteiger partial charge in [-0.1, -0.05) is 28.1 Å². The highest BCUT2D eigenvalue weighted by Gasteiger charge is 2.13. The Morgan fingerprint density at radius 2 is 2.11 bits per heavy atom. The summed E-state index contributed by atoms with van der Waals surface area (Å²) in [4.78, 5) is 17.2. The summed E-state index contributed by atoms with van der Waals surface area (Å²) in [5.41, 5.74) is 3.02. The minimum atomic E-state index is -0.220. The van der Waals surface area contributed by atoms with Crippen LogP contribution in [0.4, 0.5) is 5.82 Å². The lowest BCUT2D eigenvalue weighted by Crippen LogP contribution is -2.15. The van der Waals surface area contributed by atoms with E-state index in [4.69, 9.17) is 4.74 Å². The van der Waals surface area contributed by atoms with Crippen molar-refractivity contribution in [2.24, 2.45) is 0 Å². The molecule has 0 atom stereocenters. The molecule has 1 amide bonds. The molecule has 0 aliphatic rings. The van der Waals surface area contributed by atoms with Crippen LogP contribution in [0.25, 0.3) is 11.3 Å². The van der Waals surface area contributed by atoms with Crippen LogP contribution in [0, 0.1) is 6.92 Å². The molecule has 2 aromatic heterocycles. The van der Waals surface area contributed by atoms with Gasteiger partial charge in [0.05, 0.1) is 17.0 Å². The fraction of sp³-hybridized carbons (Fsp3) is 0.250. The molecule has 7 heteroatoms. The number of nitrogens with zero attached hydrogens (tertiary/aromatic N) is 3. The van der Waals surface area contributed by atoms with Gasteiger partial charge in [-0.05, 0) is 37.6 Å². The van der Waals surface area contributed by atoms with E-state index >= 15 is 0 Å². The molecule has 0 aliphatic heterocycles. The van der Waals surface area contributed by atoms with Crippen molar-refractivity contribution in [2.45, 2.75) is 19.9 Å². The van der Waals surface area contributed by atoms with E-state index in [1.165, 1.54) is 0 Å². The third-order valence-electron chi connectivity index (χ3n) is 4.07. The van der Waals surface area contributed by atoms with Crippen molar-refractivity contribution in [1.29, 1.82) is 0 Å². The number of carbonyl (C=O) groups excluding carboxylic acids is 1. The van der Waals surface area contributed by atoms with Crippen molar-refractivity contribution in [3.8, 4) is 11.3 Å². The summed E-state index contributed by atoms with van der Waals surface area (Å²) in [6, 6.07) is 13.3. The van der Waals surface area contributed by atoms with E-state index in [1.807, 2.05) is 43.5 Å². The summed E-state index contributed by atoms with van der Waals surface area (Å²) in [7, 11) is 1.67. The summed E-state index contributed by atoms with van der Waals surface area (Å²) >= 11 is 3.47. The number of aryl methyl sites for hydroxylation is 2. The quantitative estimate of drug-likeness (QED) is 0.569. The zero-order valence-electron chi connectivity index (χ0n) is 15.3. The number of hydrogen-bond donors (Lipinski definition) is 1. The Morgan fingerprint density at radius 1 is 1.26 bits per heavy atom. The van der Waals surface area contributed by atoms with E-state index in [0.717, 1.165) is 28.7 Å². The number of hydrogen-bond acceptors (Lipinski definition) is 4. The Bertz CT molecular complexity index is 939. The van der Waals surface area contributed by atoms with Crippen molar-refractivity contribution in [2.75, 3.05) is 19.0 Å². The lowest BCUT2D eigenvalue weighted by atomic mass is 10.1. The van der Waals surface area contributed by atoms with E-state index in [9.17, 15) is 4.79 Å². The second-order valence-electron chi connectivity index (χ2n) is 6.10. The largest absolute Gasteiger partial charge is 0.385 e. The van der Waals surface area contributed by atoms with Crippen LogP contribution >= 0.6 is 15.9 Å². The molecule has 3 aromatic rings. The molecule has 140 valence electrons. The normalized spacial score (nSPS) is 10.8. The van der Waals surface area contributed by atoms with Crippen LogP contribution in [-0.4, -0.2) is 34.4 Å². The van der Waals surface area contributed by atoms with E-state index in [-0.39, 0.29) is 5.91 Å². The van der Waals surface area contributed by atoms with Crippen LogP contribution in [0.1, 0.15) is 22.5 Å². The first-order valence-electron chi connectivity index (χ1n) is 8.64. The Kier molecular flexibility index (Phi) is 6.36. The van der Waals surface area contributed by atoms with E-state index in [2.05, 4.69) is 31.3 Å². The van der Waals surface area contributed by atoms with Gasteiger partial charge < -0.3 is 10.1 Å². The summed E-state index contributed by atoms with van der Waals surface area (Å²) in [5, 5.41) is 7.18. The third-order valence-corrected chi connectivity index (χ3v) is 4.56. The standard InChI is InChI=1S/C20H21BrN4O2/c1-14-17(7-8-18(22-14)15-5-3-6-16(21)13-15)20(26)23-19-9-11-25(24-19)10-4-12-27-2/h3,5-9,11,13H,4,10,12H2,1-2H3,(H,23,24,26). The third kappa shape index (κ3) is 5.02. The van der Waals surface area contributed by atoms with Gasteiger partial charge in [0.2, 0.25) is 0 Å². The Balaban J connectivity index is 1.70. The minimum Gasteiger partial charge on any atom is -0.385 e. The number of aromatic nitrogens is 3. The van der Waals surface area contributed by atoms with Crippen molar-refractivity contribution in [3.05, 3.63) is 64.4 Å². The lowest BCUT2D eigenvalue weighted by Gasteiger charge is -2.08. The van der Waals surface area contributed by atoms with E-state index in [1.54, 1.807) is 23.9 Å². The molecule has 0 bridgehead atoms. The number of anilines is 1. The molecule has 1 aromatic carbocycles. The average Bonchev–Trinajstić information content (AvgIpc) is 3.09. The lowest BCUT2D eigenvalue weighted by molar-refractivity contribution is 0.102. The van der Waals surface area contributed by atoms with Crippen LogP contribution in [-0.2, 0) is 11.3 Å².